The van der Waals surface area contributed by atoms with Gasteiger partial charge in [0, 0.05) is 50.5 Å². The molecule has 2 amide bonds. The number of carbonyl (C=O) groups excluding carboxylic acids is 1. The van der Waals surface area contributed by atoms with Crippen molar-refractivity contribution in [3.63, 3.8) is 0 Å². The quantitative estimate of drug-likeness (QED) is 0.750. The highest BCUT2D eigenvalue weighted by Gasteiger charge is 2.32. The summed E-state index contributed by atoms with van der Waals surface area (Å²) in [6.45, 7) is 4.00. The molecule has 0 aliphatic carbocycles. The fourth-order valence-electron chi connectivity index (χ4n) is 3.30. The largest absolute Gasteiger partial charge is 0.573 e. The summed E-state index contributed by atoms with van der Waals surface area (Å²) in [6, 6.07) is 13.1. The van der Waals surface area contributed by atoms with Gasteiger partial charge in [0.2, 0.25) is 0 Å². The van der Waals surface area contributed by atoms with Crippen LogP contribution in [0.5, 0.6) is 5.75 Å². The van der Waals surface area contributed by atoms with Gasteiger partial charge in [-0.3, -0.25) is 0 Å². The number of likely N-dealkylation sites (N-methyl/N-ethyl adjacent to an activating group) is 1. The molecule has 2 aromatic rings. The van der Waals surface area contributed by atoms with Crippen molar-refractivity contribution in [3.8, 4) is 5.75 Å². The Balaban J connectivity index is 1.55. The van der Waals surface area contributed by atoms with E-state index in [-0.39, 0.29) is 17.9 Å². The van der Waals surface area contributed by atoms with E-state index in [0.29, 0.717) is 6.54 Å². The number of para-hydroxylation sites is 2. The summed E-state index contributed by atoms with van der Waals surface area (Å²) in [4.78, 5) is 16.8. The van der Waals surface area contributed by atoms with Crippen LogP contribution in [0.25, 0.3) is 0 Å². The number of anilines is 1. The van der Waals surface area contributed by atoms with Crippen LogP contribution in [0.4, 0.5) is 23.7 Å². The minimum Gasteiger partial charge on any atom is -0.405 e. The maximum absolute atomic E-state index is 12.5. The average molecular weight is 422 g/mol. The Morgan fingerprint density at radius 1 is 0.933 bits per heavy atom. The molecule has 0 aromatic heterocycles. The lowest BCUT2D eigenvalue weighted by Gasteiger charge is -2.35. The Morgan fingerprint density at radius 2 is 1.50 bits per heavy atom. The summed E-state index contributed by atoms with van der Waals surface area (Å²) < 4.78 is 41.5. The minimum absolute atomic E-state index is 0.0851. The van der Waals surface area contributed by atoms with E-state index in [4.69, 9.17) is 0 Å². The fraction of sp³-hybridized carbons (Fsp3) is 0.381. The number of halogens is 3. The van der Waals surface area contributed by atoms with Crippen LogP contribution in [0.15, 0.2) is 48.5 Å². The second kappa shape index (κ2) is 9.71. The van der Waals surface area contributed by atoms with Crippen LogP contribution < -0.4 is 20.3 Å². The van der Waals surface area contributed by atoms with Gasteiger partial charge in [-0.1, -0.05) is 36.4 Å². The Labute approximate surface area is 173 Å². The van der Waals surface area contributed by atoms with Crippen LogP contribution in [0.1, 0.15) is 11.1 Å². The summed E-state index contributed by atoms with van der Waals surface area (Å²) in [5.74, 6) is -0.328. The molecule has 1 aliphatic rings. The van der Waals surface area contributed by atoms with E-state index in [1.54, 1.807) is 6.07 Å². The minimum atomic E-state index is -4.79. The number of nitrogens with zero attached hydrogens (tertiary/aromatic N) is 2. The molecule has 1 aliphatic heterocycles. The van der Waals surface area contributed by atoms with Gasteiger partial charge in [0.25, 0.3) is 0 Å². The summed E-state index contributed by atoms with van der Waals surface area (Å²) in [5.41, 5.74) is 2.30. The molecule has 1 fully saturated rings. The first-order valence-corrected chi connectivity index (χ1v) is 9.68. The zero-order valence-electron chi connectivity index (χ0n) is 16.7. The summed E-state index contributed by atoms with van der Waals surface area (Å²) >= 11 is 0. The van der Waals surface area contributed by atoms with Gasteiger partial charge in [-0.25, -0.2) is 4.79 Å². The highest BCUT2D eigenvalue weighted by molar-refractivity contribution is 5.74. The monoisotopic (exact) mass is 422 g/mol. The molecule has 9 heteroatoms. The molecule has 0 atom stereocenters. The van der Waals surface area contributed by atoms with Crippen LogP contribution in [-0.2, 0) is 13.1 Å². The van der Waals surface area contributed by atoms with Crippen molar-refractivity contribution in [1.29, 1.82) is 0 Å². The van der Waals surface area contributed by atoms with Crippen molar-refractivity contribution < 1.29 is 22.7 Å². The van der Waals surface area contributed by atoms with Crippen molar-refractivity contribution in [3.05, 3.63) is 59.7 Å². The van der Waals surface area contributed by atoms with Crippen LogP contribution in [-0.4, -0.2) is 50.5 Å². The van der Waals surface area contributed by atoms with E-state index >= 15 is 0 Å². The number of urea groups is 1. The zero-order valence-corrected chi connectivity index (χ0v) is 16.7. The van der Waals surface area contributed by atoms with Crippen molar-refractivity contribution in [2.45, 2.75) is 19.5 Å². The predicted octanol–water partition coefficient (Wildman–Crippen LogP) is 3.34. The van der Waals surface area contributed by atoms with Crippen molar-refractivity contribution in [1.82, 2.24) is 15.5 Å². The molecule has 30 heavy (non-hydrogen) atoms. The third kappa shape index (κ3) is 6.28. The van der Waals surface area contributed by atoms with E-state index in [9.17, 15) is 18.0 Å². The van der Waals surface area contributed by atoms with Gasteiger partial charge in [-0.15, -0.1) is 13.2 Å². The number of hydrogen-bond acceptors (Lipinski definition) is 4. The SMILES string of the molecule is CN1CCN(c2ccccc2CNC(=O)NCc2ccccc2OC(F)(F)F)CC1. The topological polar surface area (TPSA) is 56.8 Å². The van der Waals surface area contributed by atoms with Gasteiger partial charge in [0.05, 0.1) is 0 Å². The first kappa shape index (κ1) is 21.8. The first-order chi connectivity index (χ1) is 14.3. The Kier molecular flexibility index (Phi) is 7.04. The molecule has 6 nitrogen and oxygen atoms in total. The second-order valence-electron chi connectivity index (χ2n) is 7.11. The molecule has 0 spiro atoms. The molecule has 1 saturated heterocycles. The van der Waals surface area contributed by atoms with Crippen LogP contribution >= 0.6 is 0 Å². The van der Waals surface area contributed by atoms with E-state index in [0.717, 1.165) is 37.4 Å². The van der Waals surface area contributed by atoms with Gasteiger partial charge in [0.15, 0.2) is 0 Å². The highest BCUT2D eigenvalue weighted by atomic mass is 19.4. The summed E-state index contributed by atoms with van der Waals surface area (Å²) in [5, 5.41) is 5.36. The number of hydrogen-bond donors (Lipinski definition) is 2. The highest BCUT2D eigenvalue weighted by Crippen LogP contribution is 2.26. The molecule has 2 aromatic carbocycles. The molecule has 0 saturated carbocycles. The van der Waals surface area contributed by atoms with Crippen molar-refractivity contribution >= 4 is 11.7 Å². The van der Waals surface area contributed by atoms with Gasteiger partial charge in [0.1, 0.15) is 5.75 Å². The van der Waals surface area contributed by atoms with Crippen molar-refractivity contribution in [2.75, 3.05) is 38.1 Å². The maximum atomic E-state index is 12.5. The number of benzene rings is 2. The lowest BCUT2D eigenvalue weighted by atomic mass is 10.1. The maximum Gasteiger partial charge on any atom is 0.573 e. The van der Waals surface area contributed by atoms with Gasteiger partial charge >= 0.3 is 12.4 Å². The number of alkyl halides is 3. The Bertz CT molecular complexity index is 852. The number of carbonyl (C=O) groups is 1. The van der Waals surface area contributed by atoms with E-state index in [2.05, 4.69) is 32.2 Å². The standard InChI is InChI=1S/C21H25F3N4O2/c1-27-10-12-28(13-11-27)18-8-4-2-6-16(18)14-25-20(29)26-15-17-7-3-5-9-19(17)30-21(22,23)24/h2-9H,10-15H2,1H3,(H2,25,26,29). The number of ether oxygens (including phenoxy) is 1. The molecule has 1 heterocycles. The van der Waals surface area contributed by atoms with Crippen LogP contribution in [0.2, 0.25) is 0 Å². The molecule has 0 radical (unpaired) electrons. The van der Waals surface area contributed by atoms with E-state index in [1.165, 1.54) is 18.2 Å². The van der Waals surface area contributed by atoms with E-state index in [1.807, 2.05) is 24.3 Å². The number of amides is 2. The smallest absolute Gasteiger partial charge is 0.405 e. The lowest BCUT2D eigenvalue weighted by Crippen LogP contribution is -2.45. The molecule has 0 bridgehead atoms. The summed E-state index contributed by atoms with van der Waals surface area (Å²) in [6.07, 6.45) is -4.79. The van der Waals surface area contributed by atoms with E-state index < -0.39 is 12.4 Å². The average Bonchev–Trinajstić information content (AvgIpc) is 2.71. The van der Waals surface area contributed by atoms with Crippen molar-refractivity contribution in [2.24, 2.45) is 0 Å². The predicted molar refractivity (Wildman–Crippen MR) is 108 cm³/mol. The molecule has 3 rings (SSSR count). The van der Waals surface area contributed by atoms with Gasteiger partial charge in [-0.05, 0) is 24.7 Å². The molecule has 162 valence electrons. The number of rotatable bonds is 6. The second-order valence-corrected chi connectivity index (χ2v) is 7.11. The molecule has 2 N–H and O–H groups in total. The third-order valence-corrected chi connectivity index (χ3v) is 4.91. The third-order valence-electron chi connectivity index (χ3n) is 4.91. The van der Waals surface area contributed by atoms with Crippen LogP contribution in [0.3, 0.4) is 0 Å². The number of nitrogens with one attached hydrogen (secondary N) is 2. The Hall–Kier alpha value is -2.94. The summed E-state index contributed by atoms with van der Waals surface area (Å²) in [7, 11) is 2.09. The fourth-order valence-corrected chi connectivity index (χ4v) is 3.30. The van der Waals surface area contributed by atoms with Gasteiger partial charge in [-0.2, -0.15) is 0 Å². The molecule has 0 unspecified atom stereocenters. The molecular formula is C21H25F3N4O2. The van der Waals surface area contributed by atoms with Gasteiger partial charge < -0.3 is 25.2 Å². The Morgan fingerprint density at radius 3 is 2.17 bits per heavy atom. The lowest BCUT2D eigenvalue weighted by molar-refractivity contribution is -0.274. The zero-order chi connectivity index (χ0) is 21.6. The molecular weight excluding hydrogens is 397 g/mol. The van der Waals surface area contributed by atoms with Crippen LogP contribution in [0, 0.1) is 0 Å². The number of piperazine rings is 1. The normalized spacial score (nSPS) is 15.0. The first-order valence-electron chi connectivity index (χ1n) is 9.68.